The van der Waals surface area contributed by atoms with E-state index in [1.54, 1.807) is 24.3 Å². The molecule has 1 atom stereocenters. The Balaban J connectivity index is 1.78. The fourth-order valence-corrected chi connectivity index (χ4v) is 2.68. The van der Waals surface area contributed by atoms with E-state index >= 15 is 0 Å². The first kappa shape index (κ1) is 15.3. The number of aliphatic hydroxyl groups excluding tert-OH is 1. The molecule has 1 aromatic carbocycles. The van der Waals surface area contributed by atoms with Gasteiger partial charge in [0.05, 0.1) is 12.5 Å². The van der Waals surface area contributed by atoms with E-state index in [0.29, 0.717) is 10.4 Å². The summed E-state index contributed by atoms with van der Waals surface area (Å²) in [6.07, 6.45) is 4.08. The number of carbonyl (C=O) groups is 1. The van der Waals surface area contributed by atoms with E-state index in [2.05, 4.69) is 12.2 Å². The fraction of sp³-hybridized carbons (Fsp3) is 0.562. The minimum Gasteiger partial charge on any atom is -0.388 e. The van der Waals surface area contributed by atoms with Gasteiger partial charge in [0.2, 0.25) is 5.91 Å². The Bertz CT molecular complexity index is 454. The number of hydrogen-bond donors (Lipinski definition) is 2. The summed E-state index contributed by atoms with van der Waals surface area (Å²) in [5.41, 5.74) is 1.06. The molecular formula is C16H22ClNO2. The van der Waals surface area contributed by atoms with E-state index in [-0.39, 0.29) is 12.3 Å². The van der Waals surface area contributed by atoms with Crippen LogP contribution in [0, 0.1) is 5.41 Å². The quantitative estimate of drug-likeness (QED) is 0.809. The third-order valence-corrected chi connectivity index (χ3v) is 4.28. The van der Waals surface area contributed by atoms with Crippen molar-refractivity contribution in [3.63, 3.8) is 0 Å². The molecule has 0 aliphatic heterocycles. The molecule has 1 aromatic rings. The lowest BCUT2D eigenvalue weighted by atomic mass is 10.0. The number of amides is 1. The molecule has 1 aliphatic rings. The maximum absolute atomic E-state index is 11.9. The van der Waals surface area contributed by atoms with E-state index < -0.39 is 6.10 Å². The Morgan fingerprint density at radius 1 is 1.40 bits per heavy atom. The van der Waals surface area contributed by atoms with Gasteiger partial charge in [0, 0.05) is 11.6 Å². The molecule has 20 heavy (non-hydrogen) atoms. The summed E-state index contributed by atoms with van der Waals surface area (Å²) >= 11 is 5.80. The first-order valence-electron chi connectivity index (χ1n) is 7.25. The number of aliphatic hydroxyl groups is 1. The topological polar surface area (TPSA) is 49.3 Å². The van der Waals surface area contributed by atoms with Gasteiger partial charge in [-0.25, -0.2) is 0 Å². The molecule has 0 bridgehead atoms. The Morgan fingerprint density at radius 3 is 2.60 bits per heavy atom. The highest BCUT2D eigenvalue weighted by Gasteiger charge is 2.41. The van der Waals surface area contributed by atoms with Crippen LogP contribution in [0.25, 0.3) is 0 Å². The van der Waals surface area contributed by atoms with Crippen molar-refractivity contribution in [1.82, 2.24) is 5.32 Å². The summed E-state index contributed by atoms with van der Waals surface area (Å²) in [4.78, 5) is 11.9. The van der Waals surface area contributed by atoms with E-state index in [1.165, 1.54) is 19.3 Å². The molecular weight excluding hydrogens is 274 g/mol. The van der Waals surface area contributed by atoms with Crippen molar-refractivity contribution in [3.8, 4) is 0 Å². The van der Waals surface area contributed by atoms with Crippen LogP contribution >= 0.6 is 11.6 Å². The largest absolute Gasteiger partial charge is 0.388 e. The molecule has 1 saturated carbocycles. The molecule has 0 heterocycles. The van der Waals surface area contributed by atoms with Crippen molar-refractivity contribution in [1.29, 1.82) is 0 Å². The molecule has 0 spiro atoms. The lowest BCUT2D eigenvalue weighted by Gasteiger charge is -2.16. The van der Waals surface area contributed by atoms with Crippen LogP contribution in [0.15, 0.2) is 24.3 Å². The van der Waals surface area contributed by atoms with Gasteiger partial charge in [-0.3, -0.25) is 4.79 Å². The monoisotopic (exact) mass is 295 g/mol. The van der Waals surface area contributed by atoms with Crippen molar-refractivity contribution >= 4 is 17.5 Å². The van der Waals surface area contributed by atoms with Gasteiger partial charge in [-0.2, -0.15) is 0 Å². The first-order valence-corrected chi connectivity index (χ1v) is 7.63. The Hall–Kier alpha value is -1.06. The van der Waals surface area contributed by atoms with Gasteiger partial charge in [-0.1, -0.05) is 37.1 Å². The number of nitrogens with one attached hydrogen (secondary N) is 1. The maximum atomic E-state index is 11.9. The zero-order valence-electron chi connectivity index (χ0n) is 11.9. The minimum absolute atomic E-state index is 0.0881. The minimum atomic E-state index is -0.770. The van der Waals surface area contributed by atoms with Crippen molar-refractivity contribution in [2.75, 3.05) is 6.54 Å². The Kier molecular flexibility index (Phi) is 5.06. The van der Waals surface area contributed by atoms with Crippen LogP contribution in [0.4, 0.5) is 0 Å². The molecule has 1 amide bonds. The molecule has 0 radical (unpaired) electrons. The van der Waals surface area contributed by atoms with E-state index in [9.17, 15) is 9.90 Å². The molecule has 0 saturated heterocycles. The van der Waals surface area contributed by atoms with Crippen LogP contribution in [0.3, 0.4) is 0 Å². The van der Waals surface area contributed by atoms with Gasteiger partial charge in [0.25, 0.3) is 0 Å². The molecule has 0 aromatic heterocycles. The van der Waals surface area contributed by atoms with Gasteiger partial charge in [0.1, 0.15) is 0 Å². The van der Waals surface area contributed by atoms with E-state index in [1.807, 2.05) is 0 Å². The van der Waals surface area contributed by atoms with E-state index in [4.69, 9.17) is 11.6 Å². The number of halogens is 1. The van der Waals surface area contributed by atoms with Crippen LogP contribution < -0.4 is 5.32 Å². The van der Waals surface area contributed by atoms with Crippen LogP contribution in [-0.2, 0) is 4.79 Å². The van der Waals surface area contributed by atoms with Gasteiger partial charge < -0.3 is 10.4 Å². The predicted molar refractivity (Wildman–Crippen MR) is 80.6 cm³/mol. The second-order valence-electron chi connectivity index (χ2n) is 5.80. The highest BCUT2D eigenvalue weighted by Crippen LogP contribution is 2.48. The third-order valence-electron chi connectivity index (χ3n) is 4.03. The molecule has 2 rings (SSSR count). The molecule has 1 aliphatic carbocycles. The summed E-state index contributed by atoms with van der Waals surface area (Å²) in [5.74, 6) is -0.0881. The molecule has 4 heteroatoms. The Labute approximate surface area is 125 Å². The lowest BCUT2D eigenvalue weighted by Crippen LogP contribution is -2.31. The van der Waals surface area contributed by atoms with Crippen molar-refractivity contribution in [3.05, 3.63) is 34.9 Å². The summed E-state index contributed by atoms with van der Waals surface area (Å²) in [5, 5.41) is 13.6. The number of carbonyl (C=O) groups excluding carboxylic acids is 1. The zero-order valence-corrected chi connectivity index (χ0v) is 12.6. The standard InChI is InChI=1S/C16H22ClNO2/c1-2-7-16(8-9-16)11-18-15(20)10-14(19)12-3-5-13(17)6-4-12/h3-6,14,19H,2,7-11H2,1H3,(H,18,20). The van der Waals surface area contributed by atoms with Crippen molar-refractivity contribution in [2.45, 2.75) is 45.1 Å². The van der Waals surface area contributed by atoms with Crippen molar-refractivity contribution < 1.29 is 9.90 Å². The van der Waals surface area contributed by atoms with Crippen LogP contribution in [0.1, 0.15) is 50.7 Å². The second-order valence-corrected chi connectivity index (χ2v) is 6.23. The smallest absolute Gasteiger partial charge is 0.222 e. The highest BCUT2D eigenvalue weighted by molar-refractivity contribution is 6.30. The summed E-state index contributed by atoms with van der Waals surface area (Å²) in [7, 11) is 0. The normalized spacial score (nSPS) is 17.6. The van der Waals surface area contributed by atoms with Gasteiger partial charge in [-0.05, 0) is 42.4 Å². The van der Waals surface area contributed by atoms with Crippen LogP contribution in [0.5, 0.6) is 0 Å². The summed E-state index contributed by atoms with van der Waals surface area (Å²) < 4.78 is 0. The fourth-order valence-electron chi connectivity index (χ4n) is 2.56. The van der Waals surface area contributed by atoms with Crippen molar-refractivity contribution in [2.24, 2.45) is 5.41 Å². The van der Waals surface area contributed by atoms with Gasteiger partial charge in [0.15, 0.2) is 0 Å². The predicted octanol–water partition coefficient (Wildman–Crippen LogP) is 3.46. The molecule has 2 N–H and O–H groups in total. The SMILES string of the molecule is CCCC1(CNC(=O)CC(O)c2ccc(Cl)cc2)CC1. The van der Waals surface area contributed by atoms with Gasteiger partial charge >= 0.3 is 0 Å². The zero-order chi connectivity index (χ0) is 14.6. The maximum Gasteiger partial charge on any atom is 0.222 e. The summed E-state index contributed by atoms with van der Waals surface area (Å²) in [6.45, 7) is 2.92. The average molecular weight is 296 g/mol. The lowest BCUT2D eigenvalue weighted by molar-refractivity contribution is -0.123. The second kappa shape index (κ2) is 6.59. The molecule has 3 nitrogen and oxygen atoms in total. The summed E-state index contributed by atoms with van der Waals surface area (Å²) in [6, 6.07) is 6.94. The molecule has 1 fully saturated rings. The van der Waals surface area contributed by atoms with E-state index in [0.717, 1.165) is 18.5 Å². The number of hydrogen-bond acceptors (Lipinski definition) is 2. The molecule has 110 valence electrons. The number of rotatable bonds is 7. The number of benzene rings is 1. The third kappa shape index (κ3) is 4.22. The first-order chi connectivity index (χ1) is 9.54. The Morgan fingerprint density at radius 2 is 2.05 bits per heavy atom. The highest BCUT2D eigenvalue weighted by atomic mass is 35.5. The van der Waals surface area contributed by atoms with Crippen LogP contribution in [-0.4, -0.2) is 17.6 Å². The van der Waals surface area contributed by atoms with Gasteiger partial charge in [-0.15, -0.1) is 0 Å². The van der Waals surface area contributed by atoms with Crippen LogP contribution in [0.2, 0.25) is 5.02 Å². The average Bonchev–Trinajstić information content (AvgIpc) is 3.18. The molecule has 1 unspecified atom stereocenters.